The molecule has 0 aromatic carbocycles. The van der Waals surface area contributed by atoms with Crippen LogP contribution in [0.4, 0.5) is 4.79 Å². The Morgan fingerprint density at radius 3 is 1.09 bits per heavy atom. The monoisotopic (exact) mass is 176 g/mol. The van der Waals surface area contributed by atoms with Crippen molar-refractivity contribution in [1.29, 1.82) is 0 Å². The largest absolute Gasteiger partial charge is 1.00 e. The van der Waals surface area contributed by atoms with E-state index in [0.717, 1.165) is 0 Å². The minimum atomic E-state index is -4.64. The summed E-state index contributed by atoms with van der Waals surface area (Å²) >= 11 is 0. The van der Waals surface area contributed by atoms with Gasteiger partial charge in [-0.25, -0.2) is 9.36 Å². The number of rotatable bonds is 0. The van der Waals surface area contributed by atoms with E-state index in [9.17, 15) is 0 Å². The first-order valence-electron chi connectivity index (χ1n) is 1.43. The summed E-state index contributed by atoms with van der Waals surface area (Å²) < 4.78 is 8.88. The summed E-state index contributed by atoms with van der Waals surface area (Å²) in [5.74, 6) is 0. The molecule has 60 valence electrons. The molecule has 0 amide bonds. The third-order valence-electron chi connectivity index (χ3n) is 0. The van der Waals surface area contributed by atoms with E-state index in [4.69, 9.17) is 34.3 Å². The van der Waals surface area contributed by atoms with Crippen molar-refractivity contribution < 1.29 is 74.8 Å². The smallest absolute Gasteiger partial charge is 1.00 e. The van der Waals surface area contributed by atoms with Crippen LogP contribution >= 0.6 is 7.82 Å². The van der Waals surface area contributed by atoms with Gasteiger partial charge in [0.15, 0.2) is 0 Å². The number of carbonyl (C=O) groups is 1. The summed E-state index contributed by atoms with van der Waals surface area (Å²) in [5, 5.41) is 13.9. The minimum absolute atomic E-state index is 0. The third-order valence-corrected chi connectivity index (χ3v) is 0. The zero-order valence-electron chi connectivity index (χ0n) is 8.00. The van der Waals surface area contributed by atoms with E-state index in [2.05, 4.69) is 0 Å². The summed E-state index contributed by atoms with van der Waals surface area (Å²) in [6, 6.07) is 0. The van der Waals surface area contributed by atoms with E-state index in [1.165, 1.54) is 0 Å². The molecule has 0 bridgehead atoms. The standard InChI is InChI=1S/CH2O3.2Li.H3O4P.2H/c2-1(3)4;;;1-5(2,3)4;;/h(H2,2,3,4);;;(H3,1,2,3,4);;/q;2*+1;;2*-1. The topological polar surface area (TPSA) is 135 Å². The molecule has 0 spiro atoms. The summed E-state index contributed by atoms with van der Waals surface area (Å²) in [6.07, 6.45) is -1.83. The molecule has 0 fully saturated rings. The molecular formula is CH7Li2O7P. The van der Waals surface area contributed by atoms with E-state index in [1.54, 1.807) is 0 Å². The fraction of sp³-hybridized carbons (Fsp3) is 0. The summed E-state index contributed by atoms with van der Waals surface area (Å²) in [4.78, 5) is 30.1. The maximum Gasteiger partial charge on any atom is 1.00 e. The van der Waals surface area contributed by atoms with Crippen LogP contribution in [0, 0.1) is 0 Å². The Kier molecular flexibility index (Phi) is 21.7. The predicted molar refractivity (Wildman–Crippen MR) is 27.1 cm³/mol. The molecule has 0 saturated carbocycles. The fourth-order valence-corrected chi connectivity index (χ4v) is 0. The van der Waals surface area contributed by atoms with Crippen molar-refractivity contribution in [1.82, 2.24) is 0 Å². The normalized spacial score (nSPS) is 7.55. The van der Waals surface area contributed by atoms with Crippen LogP contribution in [0.15, 0.2) is 0 Å². The Balaban J connectivity index is -0.0000000146. The maximum absolute atomic E-state index is 8.88. The van der Waals surface area contributed by atoms with Gasteiger partial charge in [-0.2, -0.15) is 0 Å². The van der Waals surface area contributed by atoms with Gasteiger partial charge >= 0.3 is 51.7 Å². The molecule has 0 radical (unpaired) electrons. The molecule has 0 aliphatic heterocycles. The van der Waals surface area contributed by atoms with Gasteiger partial charge in [-0.3, -0.25) is 0 Å². The van der Waals surface area contributed by atoms with Crippen molar-refractivity contribution in [2.75, 3.05) is 0 Å². The Morgan fingerprint density at radius 1 is 1.09 bits per heavy atom. The quantitative estimate of drug-likeness (QED) is 0.183. The number of phosphoric acid groups is 1. The van der Waals surface area contributed by atoms with Gasteiger partial charge in [0.1, 0.15) is 0 Å². The zero-order chi connectivity index (χ0) is 8.08. The van der Waals surface area contributed by atoms with Crippen LogP contribution in [0.25, 0.3) is 0 Å². The Hall–Kier alpha value is 0.575. The number of hydrogen-bond acceptors (Lipinski definition) is 2. The van der Waals surface area contributed by atoms with Crippen LogP contribution in [0.3, 0.4) is 0 Å². The number of carboxylic acid groups (broad SMARTS) is 2. The van der Waals surface area contributed by atoms with Gasteiger partial charge in [-0.1, -0.05) is 0 Å². The van der Waals surface area contributed by atoms with Crippen molar-refractivity contribution >= 4 is 14.0 Å². The molecule has 0 aliphatic carbocycles. The van der Waals surface area contributed by atoms with E-state index < -0.39 is 14.0 Å². The van der Waals surface area contributed by atoms with Crippen LogP contribution in [-0.4, -0.2) is 31.0 Å². The van der Waals surface area contributed by atoms with E-state index in [1.807, 2.05) is 0 Å². The van der Waals surface area contributed by atoms with Gasteiger partial charge in [0, 0.05) is 0 Å². The molecule has 7 nitrogen and oxygen atoms in total. The van der Waals surface area contributed by atoms with Gasteiger partial charge in [-0.05, 0) is 0 Å². The second-order valence-corrected chi connectivity index (χ2v) is 1.82. The van der Waals surface area contributed by atoms with Crippen LogP contribution in [0.5, 0.6) is 0 Å². The zero-order valence-corrected chi connectivity index (χ0v) is 6.89. The van der Waals surface area contributed by atoms with E-state index in [-0.39, 0.29) is 40.6 Å². The third kappa shape index (κ3) is 2350. The van der Waals surface area contributed by atoms with Crippen LogP contribution in [0.2, 0.25) is 0 Å². The Bertz CT molecular complexity index is 124. The second kappa shape index (κ2) is 10.6. The van der Waals surface area contributed by atoms with Gasteiger partial charge < -0.3 is 27.7 Å². The molecular weight excluding hydrogens is 169 g/mol. The van der Waals surface area contributed by atoms with Crippen LogP contribution in [0.1, 0.15) is 2.85 Å². The van der Waals surface area contributed by atoms with Gasteiger partial charge in [0.25, 0.3) is 0 Å². The van der Waals surface area contributed by atoms with Crippen LogP contribution < -0.4 is 37.7 Å². The van der Waals surface area contributed by atoms with Crippen molar-refractivity contribution in [3.8, 4) is 0 Å². The Morgan fingerprint density at radius 2 is 1.09 bits per heavy atom. The van der Waals surface area contributed by atoms with Gasteiger partial charge in [0.05, 0.1) is 0 Å². The summed E-state index contributed by atoms with van der Waals surface area (Å²) in [5.41, 5.74) is 0. The average Bonchev–Trinajstić information content (AvgIpc) is 1.19. The second-order valence-electron chi connectivity index (χ2n) is 0.796. The molecule has 0 atom stereocenters. The van der Waals surface area contributed by atoms with Crippen molar-refractivity contribution in [2.24, 2.45) is 0 Å². The summed E-state index contributed by atoms with van der Waals surface area (Å²) in [7, 11) is -4.64. The molecule has 0 saturated heterocycles. The predicted octanol–water partition coefficient (Wildman–Crippen LogP) is -6.47. The molecule has 0 aliphatic rings. The average molecular weight is 176 g/mol. The first-order valence-corrected chi connectivity index (χ1v) is 3.00. The molecule has 0 aromatic rings. The van der Waals surface area contributed by atoms with Crippen molar-refractivity contribution in [2.45, 2.75) is 0 Å². The molecule has 11 heavy (non-hydrogen) atoms. The SMILES string of the molecule is O=C(O)O.O=P(O)(O)O.[H-].[H-].[Li+].[Li+]. The first-order chi connectivity index (χ1) is 3.73. The molecule has 0 heterocycles. The van der Waals surface area contributed by atoms with E-state index >= 15 is 0 Å². The molecule has 10 heteroatoms. The Labute approximate surface area is 89.0 Å². The molecule has 5 N–H and O–H groups in total. The van der Waals surface area contributed by atoms with Gasteiger partial charge in [0.2, 0.25) is 0 Å². The van der Waals surface area contributed by atoms with Gasteiger partial charge in [-0.15, -0.1) is 0 Å². The first kappa shape index (κ1) is 22.6. The summed E-state index contributed by atoms with van der Waals surface area (Å²) in [6.45, 7) is 0. The van der Waals surface area contributed by atoms with Crippen LogP contribution in [-0.2, 0) is 4.57 Å². The van der Waals surface area contributed by atoms with E-state index in [0.29, 0.717) is 0 Å². The maximum atomic E-state index is 8.88. The molecule has 0 rings (SSSR count). The van der Waals surface area contributed by atoms with Crippen molar-refractivity contribution in [3.63, 3.8) is 0 Å². The minimum Gasteiger partial charge on any atom is -1.00 e. The molecule has 0 aromatic heterocycles. The molecule has 0 unspecified atom stereocenters. The number of hydrogen-bond donors (Lipinski definition) is 5. The fourth-order valence-electron chi connectivity index (χ4n) is 0. The van der Waals surface area contributed by atoms with Crippen molar-refractivity contribution in [3.05, 3.63) is 0 Å².